The highest BCUT2D eigenvalue weighted by Gasteiger charge is 2.33. The van der Waals surface area contributed by atoms with Crippen LogP contribution in [0.15, 0.2) is 23.1 Å². The van der Waals surface area contributed by atoms with E-state index in [2.05, 4.69) is 9.24 Å². The van der Waals surface area contributed by atoms with Crippen molar-refractivity contribution in [2.24, 2.45) is 0 Å². The Morgan fingerprint density at radius 1 is 1.31 bits per heavy atom. The number of rotatable bonds is 1. The molecule has 0 nitrogen and oxygen atoms in total. The normalized spacial score (nSPS) is 11.8. The van der Waals surface area contributed by atoms with Gasteiger partial charge in [0.2, 0.25) is 0 Å². The Kier molecular flexibility index (Phi) is 3.25. The molecule has 0 spiro atoms. The minimum absolute atomic E-state index is 0.263. The Hall–Kier alpha value is -0.210. The number of benzene rings is 1. The molecule has 0 heterocycles. The molecule has 1 rings (SSSR count). The molecule has 0 radical (unpaired) electrons. The van der Waals surface area contributed by atoms with Crippen molar-refractivity contribution in [3.8, 4) is 0 Å². The van der Waals surface area contributed by atoms with Crippen LogP contribution in [0.4, 0.5) is 13.2 Å². The van der Waals surface area contributed by atoms with Gasteiger partial charge in [-0.25, -0.2) is 0 Å². The highest BCUT2D eigenvalue weighted by molar-refractivity contribution is 7.98. The first kappa shape index (κ1) is 10.9. The minimum Gasteiger partial charge on any atom is -0.166 e. The van der Waals surface area contributed by atoms with Crippen molar-refractivity contribution in [1.29, 1.82) is 0 Å². The predicted molar refractivity (Wildman–Crippen MR) is 52.6 cm³/mol. The van der Waals surface area contributed by atoms with Crippen molar-refractivity contribution in [2.45, 2.75) is 11.1 Å². The third-order valence-electron chi connectivity index (χ3n) is 1.53. The molecule has 0 aliphatic rings. The lowest BCUT2D eigenvalue weighted by atomic mass is 10.2. The van der Waals surface area contributed by atoms with Gasteiger partial charge in [0.05, 0.1) is 5.56 Å². The minimum atomic E-state index is -4.26. The van der Waals surface area contributed by atoms with Crippen LogP contribution in [0.1, 0.15) is 5.56 Å². The summed E-state index contributed by atoms with van der Waals surface area (Å²) in [6, 6.07) is 4.26. The number of hydrogen-bond acceptors (Lipinski definition) is 1. The van der Waals surface area contributed by atoms with Gasteiger partial charge in [-0.15, -0.1) is 21.0 Å². The van der Waals surface area contributed by atoms with Crippen molar-refractivity contribution < 1.29 is 13.2 Å². The van der Waals surface area contributed by atoms with E-state index in [4.69, 9.17) is 0 Å². The Morgan fingerprint density at radius 3 is 2.38 bits per heavy atom. The molecule has 1 unspecified atom stereocenters. The SMILES string of the molecule is CSc1ccc(P)cc1C(F)(F)F. The van der Waals surface area contributed by atoms with E-state index < -0.39 is 11.7 Å². The van der Waals surface area contributed by atoms with Crippen LogP contribution in [0.2, 0.25) is 0 Å². The molecule has 0 N–H and O–H groups in total. The Balaban J connectivity index is 3.24. The van der Waals surface area contributed by atoms with E-state index in [0.717, 1.165) is 17.8 Å². The van der Waals surface area contributed by atoms with Crippen molar-refractivity contribution in [1.82, 2.24) is 0 Å². The first-order chi connectivity index (χ1) is 5.95. The maximum absolute atomic E-state index is 12.4. The monoisotopic (exact) mass is 224 g/mol. The second-order valence-electron chi connectivity index (χ2n) is 2.46. The number of halogens is 3. The molecule has 1 atom stereocenters. The summed E-state index contributed by atoms with van der Waals surface area (Å²) in [4.78, 5) is 0.263. The summed E-state index contributed by atoms with van der Waals surface area (Å²) in [6.45, 7) is 0. The van der Waals surface area contributed by atoms with Gasteiger partial charge < -0.3 is 0 Å². The van der Waals surface area contributed by atoms with Crippen LogP contribution >= 0.6 is 21.0 Å². The summed E-state index contributed by atoms with van der Waals surface area (Å²) in [5, 5.41) is 0.546. The van der Waals surface area contributed by atoms with Crippen molar-refractivity contribution >= 4 is 26.3 Å². The first-order valence-electron chi connectivity index (χ1n) is 3.46. The van der Waals surface area contributed by atoms with E-state index in [1.807, 2.05) is 0 Å². The van der Waals surface area contributed by atoms with Crippen LogP contribution in [0.5, 0.6) is 0 Å². The summed E-state index contributed by atoms with van der Waals surface area (Å²) < 4.78 is 37.2. The molecule has 0 aliphatic carbocycles. The maximum atomic E-state index is 12.4. The second kappa shape index (κ2) is 3.89. The molecule has 1 aromatic carbocycles. The molecular weight excluding hydrogens is 216 g/mol. The van der Waals surface area contributed by atoms with Crippen molar-refractivity contribution in [2.75, 3.05) is 6.26 Å². The van der Waals surface area contributed by atoms with E-state index in [1.54, 1.807) is 12.3 Å². The lowest BCUT2D eigenvalue weighted by molar-refractivity contribution is -0.139. The van der Waals surface area contributed by atoms with Gasteiger partial charge in [-0.05, 0) is 23.7 Å². The zero-order valence-corrected chi connectivity index (χ0v) is 8.82. The van der Waals surface area contributed by atoms with Gasteiger partial charge in [0, 0.05) is 4.90 Å². The summed E-state index contributed by atoms with van der Waals surface area (Å²) in [5.74, 6) is 0. The summed E-state index contributed by atoms with van der Waals surface area (Å²) in [6.07, 6.45) is -2.63. The Labute approximate surface area is 81.1 Å². The van der Waals surface area contributed by atoms with Crippen LogP contribution in [0, 0.1) is 0 Å². The van der Waals surface area contributed by atoms with Gasteiger partial charge in [-0.1, -0.05) is 6.07 Å². The van der Waals surface area contributed by atoms with Gasteiger partial charge in [0.25, 0.3) is 0 Å². The van der Waals surface area contributed by atoms with Gasteiger partial charge in [-0.3, -0.25) is 0 Å². The third-order valence-corrected chi connectivity index (χ3v) is 2.68. The van der Waals surface area contributed by atoms with Crippen molar-refractivity contribution in [3.05, 3.63) is 23.8 Å². The average molecular weight is 224 g/mol. The van der Waals surface area contributed by atoms with Crippen LogP contribution in [0.3, 0.4) is 0 Å². The fourth-order valence-electron chi connectivity index (χ4n) is 0.947. The Morgan fingerprint density at radius 2 is 1.92 bits per heavy atom. The van der Waals surface area contributed by atoms with Crippen LogP contribution in [0.25, 0.3) is 0 Å². The smallest absolute Gasteiger partial charge is 0.166 e. The predicted octanol–water partition coefficient (Wildman–Crippen LogP) is 2.93. The molecule has 5 heteroatoms. The fourth-order valence-corrected chi connectivity index (χ4v) is 1.81. The zero-order valence-electron chi connectivity index (χ0n) is 6.85. The molecule has 0 saturated heterocycles. The Bertz CT molecular complexity index is 309. The number of alkyl halides is 3. The third kappa shape index (κ3) is 2.61. The van der Waals surface area contributed by atoms with E-state index in [-0.39, 0.29) is 4.90 Å². The molecule has 0 fully saturated rings. The second-order valence-corrected chi connectivity index (χ2v) is 3.97. The average Bonchev–Trinajstić information content (AvgIpc) is 2.03. The topological polar surface area (TPSA) is 0 Å². The van der Waals surface area contributed by atoms with Crippen LogP contribution < -0.4 is 5.30 Å². The standard InChI is InChI=1S/C8H8F3PS/c1-13-7-3-2-5(12)4-6(7)8(9,10)11/h2-4H,12H2,1H3. The lowest BCUT2D eigenvalue weighted by Gasteiger charge is -2.11. The van der Waals surface area contributed by atoms with Crippen LogP contribution in [-0.4, -0.2) is 6.26 Å². The molecule has 13 heavy (non-hydrogen) atoms. The molecule has 72 valence electrons. The lowest BCUT2D eigenvalue weighted by Crippen LogP contribution is -2.09. The summed E-state index contributed by atoms with van der Waals surface area (Å²) >= 11 is 1.10. The maximum Gasteiger partial charge on any atom is 0.417 e. The number of thioether (sulfide) groups is 1. The number of hydrogen-bond donors (Lipinski definition) is 0. The molecule has 1 aromatic rings. The largest absolute Gasteiger partial charge is 0.417 e. The van der Waals surface area contributed by atoms with E-state index in [1.165, 1.54) is 6.07 Å². The highest BCUT2D eigenvalue weighted by Crippen LogP contribution is 2.35. The first-order valence-corrected chi connectivity index (χ1v) is 5.26. The molecule has 0 saturated carbocycles. The van der Waals surface area contributed by atoms with Gasteiger partial charge in [0.1, 0.15) is 0 Å². The molecule has 0 aromatic heterocycles. The van der Waals surface area contributed by atoms with Crippen molar-refractivity contribution in [3.63, 3.8) is 0 Å². The quantitative estimate of drug-likeness (QED) is 0.522. The summed E-state index contributed by atoms with van der Waals surface area (Å²) in [7, 11) is 2.26. The molecule has 0 amide bonds. The van der Waals surface area contributed by atoms with Gasteiger partial charge in [0.15, 0.2) is 0 Å². The molecule has 0 bridgehead atoms. The fraction of sp³-hybridized carbons (Fsp3) is 0.250. The van der Waals surface area contributed by atoms with Gasteiger partial charge >= 0.3 is 6.18 Å². The van der Waals surface area contributed by atoms with Gasteiger partial charge in [-0.2, -0.15) is 13.2 Å². The van der Waals surface area contributed by atoms with E-state index in [9.17, 15) is 13.2 Å². The van der Waals surface area contributed by atoms with E-state index >= 15 is 0 Å². The highest BCUT2D eigenvalue weighted by atomic mass is 32.2. The zero-order chi connectivity index (χ0) is 10.1. The van der Waals surface area contributed by atoms with E-state index in [0.29, 0.717) is 5.30 Å². The molecular formula is C8H8F3PS. The molecule has 0 aliphatic heterocycles. The summed E-state index contributed by atoms with van der Waals surface area (Å²) in [5.41, 5.74) is -0.562. The van der Waals surface area contributed by atoms with Crippen LogP contribution in [-0.2, 0) is 6.18 Å².